The normalized spacial score (nSPS) is 20.4. The van der Waals surface area contributed by atoms with E-state index in [4.69, 9.17) is 0 Å². The fourth-order valence-corrected chi connectivity index (χ4v) is 4.71. The zero-order chi connectivity index (χ0) is 22.2. The van der Waals surface area contributed by atoms with Crippen LogP contribution in [0.25, 0.3) is 10.8 Å². The molecule has 2 aliphatic rings. The number of benzene rings is 2. The smallest absolute Gasteiger partial charge is 0.252 e. The van der Waals surface area contributed by atoms with E-state index in [1.807, 2.05) is 73.0 Å². The van der Waals surface area contributed by atoms with Crippen molar-refractivity contribution in [2.75, 3.05) is 19.6 Å². The summed E-state index contributed by atoms with van der Waals surface area (Å²) in [5.74, 6) is -0.195. The van der Waals surface area contributed by atoms with Gasteiger partial charge in [-0.05, 0) is 50.5 Å². The Hall–Kier alpha value is -2.89. The average Bonchev–Trinajstić information content (AvgIpc) is 3.15. The highest BCUT2D eigenvalue weighted by atomic mass is 16.2. The molecule has 0 radical (unpaired) electrons. The first-order valence-corrected chi connectivity index (χ1v) is 11.1. The van der Waals surface area contributed by atoms with Gasteiger partial charge in [0.25, 0.3) is 5.91 Å². The molecule has 6 nitrogen and oxygen atoms in total. The molecule has 2 aromatic carbocycles. The molecule has 0 spiro atoms. The van der Waals surface area contributed by atoms with E-state index in [1.54, 1.807) is 0 Å². The van der Waals surface area contributed by atoms with Crippen molar-refractivity contribution in [3.8, 4) is 0 Å². The van der Waals surface area contributed by atoms with Crippen molar-refractivity contribution in [1.29, 1.82) is 0 Å². The third-order valence-electron chi connectivity index (χ3n) is 6.46. The van der Waals surface area contributed by atoms with Crippen LogP contribution >= 0.6 is 0 Å². The first-order valence-electron chi connectivity index (χ1n) is 11.1. The lowest BCUT2D eigenvalue weighted by atomic mass is 10.00. The molecule has 0 saturated carbocycles. The van der Waals surface area contributed by atoms with E-state index in [1.165, 1.54) is 0 Å². The Kier molecular flexibility index (Phi) is 5.73. The van der Waals surface area contributed by atoms with Gasteiger partial charge in [-0.2, -0.15) is 0 Å². The van der Waals surface area contributed by atoms with Crippen LogP contribution in [0.1, 0.15) is 50.4 Å². The van der Waals surface area contributed by atoms with Gasteiger partial charge >= 0.3 is 0 Å². The first kappa shape index (κ1) is 21.3. The van der Waals surface area contributed by atoms with Crippen molar-refractivity contribution in [3.63, 3.8) is 0 Å². The molecule has 2 heterocycles. The van der Waals surface area contributed by atoms with E-state index in [2.05, 4.69) is 5.32 Å². The molecular weight excluding hydrogens is 390 g/mol. The van der Waals surface area contributed by atoms with E-state index >= 15 is 0 Å². The lowest BCUT2D eigenvalue weighted by Crippen LogP contribution is -2.48. The molecule has 2 fully saturated rings. The Morgan fingerprint density at radius 2 is 1.68 bits per heavy atom. The summed E-state index contributed by atoms with van der Waals surface area (Å²) in [7, 11) is 0. The van der Waals surface area contributed by atoms with Crippen molar-refractivity contribution in [3.05, 3.63) is 48.0 Å². The largest absolute Gasteiger partial charge is 0.349 e. The fourth-order valence-electron chi connectivity index (χ4n) is 4.71. The van der Waals surface area contributed by atoms with Gasteiger partial charge in [-0.1, -0.05) is 36.4 Å². The van der Waals surface area contributed by atoms with Gasteiger partial charge in [-0.15, -0.1) is 0 Å². The lowest BCUT2D eigenvalue weighted by molar-refractivity contribution is -0.136. The molecule has 2 aromatic rings. The van der Waals surface area contributed by atoms with E-state index in [9.17, 15) is 14.4 Å². The second kappa shape index (κ2) is 8.33. The van der Waals surface area contributed by atoms with Crippen LogP contribution in [0.4, 0.5) is 0 Å². The molecule has 31 heavy (non-hydrogen) atoms. The van der Waals surface area contributed by atoms with Crippen LogP contribution in [0.5, 0.6) is 0 Å². The number of carbonyl (C=O) groups excluding carboxylic acids is 3. The zero-order valence-corrected chi connectivity index (χ0v) is 18.6. The Morgan fingerprint density at radius 3 is 2.35 bits per heavy atom. The molecule has 2 saturated heterocycles. The summed E-state index contributed by atoms with van der Waals surface area (Å²) in [6, 6.07) is 13.7. The summed E-state index contributed by atoms with van der Waals surface area (Å²) in [5, 5.41) is 5.15. The second-order valence-electron chi connectivity index (χ2n) is 9.68. The maximum atomic E-state index is 13.0. The minimum Gasteiger partial charge on any atom is -0.349 e. The van der Waals surface area contributed by atoms with Crippen LogP contribution in [-0.2, 0) is 9.59 Å². The maximum Gasteiger partial charge on any atom is 0.252 e. The first-order chi connectivity index (χ1) is 14.7. The summed E-state index contributed by atoms with van der Waals surface area (Å²) in [6.45, 7) is 7.73. The summed E-state index contributed by atoms with van der Waals surface area (Å²) < 4.78 is 0. The lowest BCUT2D eigenvalue weighted by Gasteiger charge is -2.35. The monoisotopic (exact) mass is 421 g/mol. The molecule has 0 bridgehead atoms. The van der Waals surface area contributed by atoms with E-state index in [0.29, 0.717) is 31.6 Å². The van der Waals surface area contributed by atoms with Crippen LogP contribution in [-0.4, -0.2) is 58.7 Å². The third-order valence-corrected chi connectivity index (χ3v) is 6.46. The van der Waals surface area contributed by atoms with Gasteiger partial charge < -0.3 is 15.1 Å². The number of nitrogens with zero attached hydrogens (tertiary/aromatic N) is 2. The Labute approximate surface area is 183 Å². The standard InChI is InChI=1S/C25H31N3O3/c1-25(2,3)28-16-18(15-22(28)29)24(31)27-13-11-19(12-14-27)26-23(30)21-10-6-8-17-7-4-5-9-20(17)21/h4-10,18-19H,11-16H2,1-3H3,(H,26,30). The molecule has 3 amide bonds. The quantitative estimate of drug-likeness (QED) is 0.827. The highest BCUT2D eigenvalue weighted by molar-refractivity contribution is 6.07. The van der Waals surface area contributed by atoms with E-state index in [-0.39, 0.29) is 35.2 Å². The van der Waals surface area contributed by atoms with Gasteiger partial charge in [0.05, 0.1) is 5.92 Å². The number of hydrogen-bond acceptors (Lipinski definition) is 3. The Bertz CT molecular complexity index is 997. The van der Waals surface area contributed by atoms with E-state index in [0.717, 1.165) is 23.6 Å². The number of piperidine rings is 1. The topological polar surface area (TPSA) is 69.7 Å². The van der Waals surface area contributed by atoms with E-state index < -0.39 is 0 Å². The highest BCUT2D eigenvalue weighted by Gasteiger charge is 2.41. The minimum absolute atomic E-state index is 0.0480. The predicted octanol–water partition coefficient (Wildman–Crippen LogP) is 3.21. The summed E-state index contributed by atoms with van der Waals surface area (Å²) in [6.07, 6.45) is 1.76. The van der Waals surface area contributed by atoms with Crippen molar-refractivity contribution in [2.24, 2.45) is 5.92 Å². The molecular formula is C25H31N3O3. The molecule has 1 unspecified atom stereocenters. The maximum absolute atomic E-state index is 13.0. The van der Waals surface area contributed by atoms with Crippen LogP contribution in [0.2, 0.25) is 0 Å². The molecule has 1 atom stereocenters. The van der Waals surface area contributed by atoms with Crippen LogP contribution in [0.15, 0.2) is 42.5 Å². The predicted molar refractivity (Wildman–Crippen MR) is 121 cm³/mol. The number of nitrogens with one attached hydrogen (secondary N) is 1. The fraction of sp³-hybridized carbons (Fsp3) is 0.480. The number of likely N-dealkylation sites (tertiary alicyclic amines) is 2. The van der Waals surface area contributed by atoms with Crippen LogP contribution in [0.3, 0.4) is 0 Å². The van der Waals surface area contributed by atoms with Gasteiger partial charge in [0.2, 0.25) is 11.8 Å². The molecule has 164 valence electrons. The molecule has 0 aliphatic carbocycles. The number of carbonyl (C=O) groups is 3. The molecule has 1 N–H and O–H groups in total. The van der Waals surface area contributed by atoms with Gasteiger partial charge in [-0.3, -0.25) is 14.4 Å². The Morgan fingerprint density at radius 1 is 1.00 bits per heavy atom. The van der Waals surface area contributed by atoms with Crippen LogP contribution in [0, 0.1) is 5.92 Å². The van der Waals surface area contributed by atoms with Crippen molar-refractivity contribution in [1.82, 2.24) is 15.1 Å². The third kappa shape index (κ3) is 4.43. The molecule has 2 aliphatic heterocycles. The van der Waals surface area contributed by atoms with Gasteiger partial charge in [0.1, 0.15) is 0 Å². The number of fused-ring (bicyclic) bond motifs is 1. The van der Waals surface area contributed by atoms with Crippen molar-refractivity contribution >= 4 is 28.5 Å². The summed E-state index contributed by atoms with van der Waals surface area (Å²) in [5.41, 5.74) is 0.425. The SMILES string of the molecule is CC(C)(C)N1CC(C(=O)N2CCC(NC(=O)c3cccc4ccccc34)CC2)CC1=O. The average molecular weight is 422 g/mol. The van der Waals surface area contributed by atoms with Gasteiger partial charge in [-0.25, -0.2) is 0 Å². The van der Waals surface area contributed by atoms with Crippen molar-refractivity contribution in [2.45, 2.75) is 51.6 Å². The minimum atomic E-state index is -0.259. The van der Waals surface area contributed by atoms with Gasteiger partial charge in [0, 0.05) is 43.2 Å². The van der Waals surface area contributed by atoms with Crippen LogP contribution < -0.4 is 5.32 Å². The highest BCUT2D eigenvalue weighted by Crippen LogP contribution is 2.28. The number of rotatable bonds is 3. The number of amides is 3. The number of hydrogen-bond donors (Lipinski definition) is 1. The van der Waals surface area contributed by atoms with Crippen molar-refractivity contribution < 1.29 is 14.4 Å². The second-order valence-corrected chi connectivity index (χ2v) is 9.68. The summed E-state index contributed by atoms with van der Waals surface area (Å²) in [4.78, 5) is 41.9. The Balaban J connectivity index is 1.33. The van der Waals surface area contributed by atoms with Gasteiger partial charge in [0.15, 0.2) is 0 Å². The zero-order valence-electron chi connectivity index (χ0n) is 18.6. The molecule has 0 aromatic heterocycles. The summed E-state index contributed by atoms with van der Waals surface area (Å²) >= 11 is 0. The molecule has 6 heteroatoms. The molecule has 4 rings (SSSR count).